The molecule has 1 aromatic carbocycles. The first-order chi connectivity index (χ1) is 9.87. The van der Waals surface area contributed by atoms with Crippen molar-refractivity contribution in [1.82, 2.24) is 0 Å². The number of hydrogen-bond donors (Lipinski definition) is 0. The van der Waals surface area contributed by atoms with E-state index in [9.17, 15) is 9.59 Å². The standard InChI is InChI=1S/C18H28N2O2/c1-17(2,3)15(21)19(7)13-11-9-10-12-14(13)20(8)16(22)18(4,5)6/h9-12H,1-8H3. The maximum absolute atomic E-state index is 12.5. The largest absolute Gasteiger partial charge is 0.313 e. The highest BCUT2D eigenvalue weighted by molar-refractivity contribution is 6.04. The summed E-state index contributed by atoms with van der Waals surface area (Å²) in [5.41, 5.74) is 0.521. The summed E-state index contributed by atoms with van der Waals surface area (Å²) in [6.07, 6.45) is 0. The number of para-hydroxylation sites is 2. The van der Waals surface area contributed by atoms with Crippen molar-refractivity contribution in [2.75, 3.05) is 23.9 Å². The van der Waals surface area contributed by atoms with Crippen LogP contribution < -0.4 is 9.80 Å². The third kappa shape index (κ3) is 3.87. The quantitative estimate of drug-likeness (QED) is 0.836. The summed E-state index contributed by atoms with van der Waals surface area (Å²) in [7, 11) is 3.50. The van der Waals surface area contributed by atoms with Crippen molar-refractivity contribution in [3.05, 3.63) is 24.3 Å². The fourth-order valence-corrected chi connectivity index (χ4v) is 2.26. The average Bonchev–Trinajstić information content (AvgIpc) is 2.42. The Labute approximate surface area is 134 Å². The molecule has 0 unspecified atom stereocenters. The van der Waals surface area contributed by atoms with E-state index in [2.05, 4.69) is 0 Å². The van der Waals surface area contributed by atoms with Crippen molar-refractivity contribution < 1.29 is 9.59 Å². The van der Waals surface area contributed by atoms with E-state index < -0.39 is 10.8 Å². The smallest absolute Gasteiger partial charge is 0.232 e. The van der Waals surface area contributed by atoms with Crippen LogP contribution in [0.4, 0.5) is 11.4 Å². The van der Waals surface area contributed by atoms with Gasteiger partial charge < -0.3 is 9.80 Å². The van der Waals surface area contributed by atoms with Gasteiger partial charge in [0.25, 0.3) is 0 Å². The Balaban J connectivity index is 3.26. The molecule has 0 saturated heterocycles. The Bertz CT molecular complexity index is 514. The van der Waals surface area contributed by atoms with Crippen LogP contribution in [-0.4, -0.2) is 25.9 Å². The van der Waals surface area contributed by atoms with E-state index in [1.807, 2.05) is 65.8 Å². The van der Waals surface area contributed by atoms with E-state index >= 15 is 0 Å². The first-order valence-electron chi connectivity index (χ1n) is 7.52. The lowest BCUT2D eigenvalue weighted by Crippen LogP contribution is -2.40. The van der Waals surface area contributed by atoms with Gasteiger partial charge in [0.05, 0.1) is 11.4 Å². The maximum atomic E-state index is 12.5. The number of amides is 2. The third-order valence-corrected chi connectivity index (χ3v) is 3.50. The lowest BCUT2D eigenvalue weighted by molar-refractivity contribution is -0.126. The Morgan fingerprint density at radius 3 is 1.23 bits per heavy atom. The zero-order valence-electron chi connectivity index (χ0n) is 15.0. The molecule has 0 atom stereocenters. The second-order valence-corrected chi connectivity index (χ2v) is 7.72. The van der Waals surface area contributed by atoms with E-state index in [1.54, 1.807) is 23.9 Å². The van der Waals surface area contributed by atoms with Crippen molar-refractivity contribution in [2.45, 2.75) is 41.5 Å². The summed E-state index contributed by atoms with van der Waals surface area (Å²) in [5, 5.41) is 0. The first-order valence-corrected chi connectivity index (χ1v) is 7.52. The molecule has 0 spiro atoms. The molecule has 22 heavy (non-hydrogen) atoms. The number of hydrogen-bond acceptors (Lipinski definition) is 2. The molecule has 0 bridgehead atoms. The highest BCUT2D eigenvalue weighted by Crippen LogP contribution is 2.32. The van der Waals surface area contributed by atoms with Gasteiger partial charge in [-0.15, -0.1) is 0 Å². The predicted octanol–water partition coefficient (Wildman–Crippen LogP) is 3.70. The number of nitrogens with zero attached hydrogens (tertiary/aromatic N) is 2. The minimum absolute atomic E-state index is 0.0107. The highest BCUT2D eigenvalue weighted by Gasteiger charge is 2.30. The van der Waals surface area contributed by atoms with Crippen LogP contribution in [0.3, 0.4) is 0 Å². The van der Waals surface area contributed by atoms with Gasteiger partial charge in [-0.25, -0.2) is 0 Å². The molecule has 0 heterocycles. The van der Waals surface area contributed by atoms with Gasteiger partial charge in [-0.1, -0.05) is 53.7 Å². The van der Waals surface area contributed by atoms with Crippen LogP contribution in [0.15, 0.2) is 24.3 Å². The normalized spacial score (nSPS) is 12.0. The Morgan fingerprint density at radius 2 is 1.00 bits per heavy atom. The molecule has 0 fully saturated rings. The molecule has 2 amide bonds. The summed E-state index contributed by atoms with van der Waals surface area (Å²) in [6.45, 7) is 11.3. The van der Waals surface area contributed by atoms with Crippen LogP contribution in [0.1, 0.15) is 41.5 Å². The van der Waals surface area contributed by atoms with Gasteiger partial charge in [0.15, 0.2) is 0 Å². The molecular formula is C18H28N2O2. The molecule has 4 heteroatoms. The fraction of sp³-hybridized carbons (Fsp3) is 0.556. The predicted molar refractivity (Wildman–Crippen MR) is 92.2 cm³/mol. The number of rotatable bonds is 2. The fourth-order valence-electron chi connectivity index (χ4n) is 2.26. The minimum Gasteiger partial charge on any atom is -0.313 e. The molecule has 0 aliphatic carbocycles. The van der Waals surface area contributed by atoms with Gasteiger partial charge in [0.1, 0.15) is 0 Å². The molecule has 1 rings (SSSR count). The van der Waals surface area contributed by atoms with Gasteiger partial charge in [-0.2, -0.15) is 0 Å². The minimum atomic E-state index is -0.478. The van der Waals surface area contributed by atoms with E-state index in [0.717, 1.165) is 11.4 Å². The molecule has 1 aromatic rings. The Hall–Kier alpha value is -1.84. The lowest BCUT2D eigenvalue weighted by atomic mass is 9.93. The summed E-state index contributed by atoms with van der Waals surface area (Å²) in [4.78, 5) is 28.3. The van der Waals surface area contributed by atoms with E-state index in [4.69, 9.17) is 0 Å². The van der Waals surface area contributed by atoms with Crippen LogP contribution in [0, 0.1) is 10.8 Å². The molecule has 122 valence electrons. The van der Waals surface area contributed by atoms with E-state index in [1.165, 1.54) is 0 Å². The number of carbonyl (C=O) groups excluding carboxylic acids is 2. The third-order valence-electron chi connectivity index (χ3n) is 3.50. The van der Waals surface area contributed by atoms with Crippen molar-refractivity contribution in [1.29, 1.82) is 0 Å². The van der Waals surface area contributed by atoms with Crippen molar-refractivity contribution in [3.63, 3.8) is 0 Å². The monoisotopic (exact) mass is 304 g/mol. The summed E-state index contributed by atoms with van der Waals surface area (Å²) in [5.74, 6) is 0.0214. The number of benzene rings is 1. The zero-order chi connectivity index (χ0) is 17.3. The van der Waals surface area contributed by atoms with Crippen LogP contribution in [0.2, 0.25) is 0 Å². The molecule has 0 radical (unpaired) electrons. The maximum Gasteiger partial charge on any atom is 0.232 e. The Morgan fingerprint density at radius 1 is 0.727 bits per heavy atom. The first kappa shape index (κ1) is 18.2. The zero-order valence-corrected chi connectivity index (χ0v) is 15.0. The van der Waals surface area contributed by atoms with Crippen molar-refractivity contribution in [3.8, 4) is 0 Å². The molecule has 0 aliphatic rings. The highest BCUT2D eigenvalue weighted by atomic mass is 16.2. The summed E-state index contributed by atoms with van der Waals surface area (Å²) >= 11 is 0. The van der Waals surface area contributed by atoms with Gasteiger partial charge in [-0.3, -0.25) is 9.59 Å². The molecule has 0 aromatic heterocycles. The molecule has 0 saturated carbocycles. The lowest BCUT2D eigenvalue weighted by Gasteiger charge is -2.32. The van der Waals surface area contributed by atoms with Gasteiger partial charge in [0.2, 0.25) is 11.8 Å². The van der Waals surface area contributed by atoms with Gasteiger partial charge in [-0.05, 0) is 12.1 Å². The van der Waals surface area contributed by atoms with Crippen LogP contribution in [-0.2, 0) is 9.59 Å². The second kappa shape index (κ2) is 6.11. The van der Waals surface area contributed by atoms with Crippen LogP contribution >= 0.6 is 0 Å². The molecule has 0 aliphatic heterocycles. The SMILES string of the molecule is CN(C(=O)C(C)(C)C)c1ccccc1N(C)C(=O)C(C)(C)C. The van der Waals surface area contributed by atoms with Gasteiger partial charge in [0, 0.05) is 24.9 Å². The van der Waals surface area contributed by atoms with E-state index in [-0.39, 0.29) is 11.8 Å². The molecule has 4 nitrogen and oxygen atoms in total. The van der Waals surface area contributed by atoms with Crippen LogP contribution in [0.25, 0.3) is 0 Å². The van der Waals surface area contributed by atoms with E-state index in [0.29, 0.717) is 0 Å². The number of carbonyl (C=O) groups is 2. The summed E-state index contributed by atoms with van der Waals surface area (Å²) < 4.78 is 0. The summed E-state index contributed by atoms with van der Waals surface area (Å²) in [6, 6.07) is 7.48. The van der Waals surface area contributed by atoms with Crippen molar-refractivity contribution in [2.24, 2.45) is 10.8 Å². The number of anilines is 2. The molecular weight excluding hydrogens is 276 g/mol. The second-order valence-electron chi connectivity index (χ2n) is 7.72. The van der Waals surface area contributed by atoms with Crippen LogP contribution in [0.5, 0.6) is 0 Å². The topological polar surface area (TPSA) is 40.6 Å². The van der Waals surface area contributed by atoms with Gasteiger partial charge >= 0.3 is 0 Å². The Kier molecular flexibility index (Phi) is 5.06. The average molecular weight is 304 g/mol. The molecule has 0 N–H and O–H groups in total. The van der Waals surface area contributed by atoms with Crippen molar-refractivity contribution >= 4 is 23.2 Å².